The summed E-state index contributed by atoms with van der Waals surface area (Å²) in [6.07, 6.45) is 0. The molecule has 2 rings (SSSR count). The minimum absolute atomic E-state index is 0.0111. The number of ether oxygens (including phenoxy) is 1. The van der Waals surface area contributed by atoms with Gasteiger partial charge in [0.2, 0.25) is 5.91 Å². The Kier molecular flexibility index (Phi) is 5.23. The van der Waals surface area contributed by atoms with Gasteiger partial charge in [0.1, 0.15) is 6.54 Å². The zero-order valence-corrected chi connectivity index (χ0v) is 11.9. The van der Waals surface area contributed by atoms with Gasteiger partial charge in [-0.15, -0.1) is 0 Å². The first-order chi connectivity index (χ1) is 10.1. The molecule has 1 aromatic rings. The molecule has 2 heterocycles. The lowest BCUT2D eigenvalue weighted by Gasteiger charge is -2.26. The fourth-order valence-electron chi connectivity index (χ4n) is 2.11. The van der Waals surface area contributed by atoms with Crippen molar-refractivity contribution in [1.82, 2.24) is 20.0 Å². The molecule has 1 aromatic heterocycles. The van der Waals surface area contributed by atoms with Crippen LogP contribution in [0, 0.1) is 17.0 Å². The molecule has 0 saturated carbocycles. The Hall–Kier alpha value is -2.00. The second-order valence-corrected chi connectivity index (χ2v) is 4.86. The van der Waals surface area contributed by atoms with E-state index in [9.17, 15) is 14.9 Å². The Morgan fingerprint density at radius 2 is 2.24 bits per heavy atom. The van der Waals surface area contributed by atoms with Gasteiger partial charge < -0.3 is 20.2 Å². The number of rotatable bonds is 6. The Labute approximate surface area is 122 Å². The van der Waals surface area contributed by atoms with Crippen molar-refractivity contribution in [3.63, 3.8) is 0 Å². The predicted molar refractivity (Wildman–Crippen MR) is 73.9 cm³/mol. The molecule has 21 heavy (non-hydrogen) atoms. The van der Waals surface area contributed by atoms with E-state index in [2.05, 4.69) is 15.3 Å². The van der Waals surface area contributed by atoms with Crippen LogP contribution in [0.15, 0.2) is 6.07 Å². The van der Waals surface area contributed by atoms with Gasteiger partial charge >= 0.3 is 5.82 Å². The summed E-state index contributed by atoms with van der Waals surface area (Å²) in [7, 11) is 0. The number of hydrogen-bond donors (Lipinski definition) is 1. The molecule has 1 aliphatic heterocycles. The van der Waals surface area contributed by atoms with Gasteiger partial charge in [-0.05, 0) is 11.8 Å². The summed E-state index contributed by atoms with van der Waals surface area (Å²) in [5.41, 5.74) is 0.588. The normalized spacial score (nSPS) is 15.9. The fraction of sp³-hybridized carbons (Fsp3) is 0.667. The van der Waals surface area contributed by atoms with Crippen molar-refractivity contribution < 1.29 is 14.5 Å². The summed E-state index contributed by atoms with van der Waals surface area (Å²) in [5, 5.41) is 17.2. The summed E-state index contributed by atoms with van der Waals surface area (Å²) in [5.74, 6) is -0.446. The first-order valence-corrected chi connectivity index (χ1v) is 6.82. The van der Waals surface area contributed by atoms with Gasteiger partial charge in [-0.1, -0.05) is 0 Å². The number of morpholine rings is 1. The largest absolute Gasteiger partial charge is 0.390 e. The van der Waals surface area contributed by atoms with Gasteiger partial charge in [-0.3, -0.25) is 9.69 Å². The maximum absolute atomic E-state index is 11.8. The first-order valence-electron chi connectivity index (χ1n) is 6.82. The summed E-state index contributed by atoms with van der Waals surface area (Å²) >= 11 is 0. The third-order valence-corrected chi connectivity index (χ3v) is 3.30. The lowest BCUT2D eigenvalue weighted by Crippen LogP contribution is -2.41. The molecule has 1 N–H and O–H groups in total. The second kappa shape index (κ2) is 7.14. The molecule has 0 bridgehead atoms. The summed E-state index contributed by atoms with van der Waals surface area (Å²) < 4.78 is 6.58. The molecule has 0 spiro atoms. The van der Waals surface area contributed by atoms with Crippen molar-refractivity contribution in [2.45, 2.75) is 13.5 Å². The van der Waals surface area contributed by atoms with Crippen molar-refractivity contribution >= 4 is 11.7 Å². The third kappa shape index (κ3) is 4.50. The SMILES string of the molecule is Cc1cc([N+](=O)[O-])nn1CC(=O)NCCN1CCOCC1. The van der Waals surface area contributed by atoms with Crippen LogP contribution in [-0.4, -0.2) is 64.9 Å². The number of nitrogens with one attached hydrogen (secondary N) is 1. The molecule has 116 valence electrons. The standard InChI is InChI=1S/C12H19N5O4/c1-10-8-11(17(19)20)14-16(10)9-12(18)13-2-3-15-4-6-21-7-5-15/h8H,2-7,9H2,1H3,(H,13,18). The van der Waals surface area contributed by atoms with Crippen LogP contribution >= 0.6 is 0 Å². The van der Waals surface area contributed by atoms with E-state index in [0.717, 1.165) is 32.8 Å². The summed E-state index contributed by atoms with van der Waals surface area (Å²) in [6, 6.07) is 1.35. The average molecular weight is 297 g/mol. The zero-order chi connectivity index (χ0) is 15.2. The first kappa shape index (κ1) is 15.4. The van der Waals surface area contributed by atoms with E-state index in [1.807, 2.05) is 0 Å². The number of carbonyl (C=O) groups excluding carboxylic acids is 1. The van der Waals surface area contributed by atoms with E-state index in [1.54, 1.807) is 6.92 Å². The van der Waals surface area contributed by atoms with Crippen molar-refractivity contribution in [3.05, 3.63) is 21.9 Å². The molecule has 0 aliphatic carbocycles. The van der Waals surface area contributed by atoms with Crippen molar-refractivity contribution in [3.8, 4) is 0 Å². The fourth-order valence-corrected chi connectivity index (χ4v) is 2.11. The molecular weight excluding hydrogens is 278 g/mol. The van der Waals surface area contributed by atoms with E-state index in [4.69, 9.17) is 4.74 Å². The number of aromatic nitrogens is 2. The van der Waals surface area contributed by atoms with Gasteiger partial charge in [-0.25, -0.2) is 0 Å². The van der Waals surface area contributed by atoms with Gasteiger partial charge in [0, 0.05) is 26.2 Å². The molecule has 0 atom stereocenters. The highest BCUT2D eigenvalue weighted by Gasteiger charge is 2.17. The monoisotopic (exact) mass is 297 g/mol. The molecule has 0 unspecified atom stereocenters. The van der Waals surface area contributed by atoms with Crippen LogP contribution in [0.4, 0.5) is 5.82 Å². The molecule has 9 heteroatoms. The zero-order valence-electron chi connectivity index (χ0n) is 11.9. The van der Waals surface area contributed by atoms with Gasteiger partial charge in [0.15, 0.2) is 0 Å². The Morgan fingerprint density at radius 1 is 1.52 bits per heavy atom. The van der Waals surface area contributed by atoms with Crippen molar-refractivity contribution in [1.29, 1.82) is 0 Å². The molecule has 9 nitrogen and oxygen atoms in total. The molecule has 0 aromatic carbocycles. The Bertz CT molecular complexity index is 510. The summed E-state index contributed by atoms with van der Waals surface area (Å²) in [4.78, 5) is 24.1. The second-order valence-electron chi connectivity index (χ2n) is 4.86. The predicted octanol–water partition coefficient (Wildman–Crippen LogP) is -0.452. The van der Waals surface area contributed by atoms with Gasteiger partial charge in [0.05, 0.1) is 30.1 Å². The minimum atomic E-state index is -0.570. The van der Waals surface area contributed by atoms with Gasteiger partial charge in [0.25, 0.3) is 0 Å². The lowest BCUT2D eigenvalue weighted by molar-refractivity contribution is -0.389. The highest BCUT2D eigenvalue weighted by Crippen LogP contribution is 2.10. The number of hydrogen-bond acceptors (Lipinski definition) is 6. The number of aryl methyl sites for hydroxylation is 1. The molecule has 0 radical (unpaired) electrons. The molecular formula is C12H19N5O4. The Balaban J connectivity index is 1.75. The number of nitrogens with zero attached hydrogens (tertiary/aromatic N) is 4. The van der Waals surface area contributed by atoms with Crippen LogP contribution in [0.5, 0.6) is 0 Å². The van der Waals surface area contributed by atoms with E-state index in [-0.39, 0.29) is 18.3 Å². The number of amides is 1. The van der Waals surface area contributed by atoms with E-state index in [1.165, 1.54) is 10.7 Å². The molecule has 1 fully saturated rings. The minimum Gasteiger partial charge on any atom is -0.379 e. The van der Waals surface area contributed by atoms with Crippen LogP contribution in [0.1, 0.15) is 5.69 Å². The number of carbonyl (C=O) groups is 1. The van der Waals surface area contributed by atoms with Crippen LogP contribution < -0.4 is 5.32 Å². The van der Waals surface area contributed by atoms with Crippen molar-refractivity contribution in [2.75, 3.05) is 39.4 Å². The smallest absolute Gasteiger partial charge is 0.379 e. The average Bonchev–Trinajstić information content (AvgIpc) is 2.81. The highest BCUT2D eigenvalue weighted by atomic mass is 16.6. The van der Waals surface area contributed by atoms with Gasteiger partial charge in [-0.2, -0.15) is 4.68 Å². The van der Waals surface area contributed by atoms with E-state index >= 15 is 0 Å². The van der Waals surface area contributed by atoms with Crippen molar-refractivity contribution in [2.24, 2.45) is 0 Å². The van der Waals surface area contributed by atoms with Crippen LogP contribution in [0.25, 0.3) is 0 Å². The van der Waals surface area contributed by atoms with E-state index in [0.29, 0.717) is 12.2 Å². The third-order valence-electron chi connectivity index (χ3n) is 3.30. The lowest BCUT2D eigenvalue weighted by atomic mass is 10.4. The maximum atomic E-state index is 11.8. The quantitative estimate of drug-likeness (QED) is 0.563. The molecule has 1 saturated heterocycles. The highest BCUT2D eigenvalue weighted by molar-refractivity contribution is 5.75. The van der Waals surface area contributed by atoms with Crippen LogP contribution in [0.3, 0.4) is 0 Å². The summed E-state index contributed by atoms with van der Waals surface area (Å²) in [6.45, 7) is 6.19. The van der Waals surface area contributed by atoms with Crippen LogP contribution in [0.2, 0.25) is 0 Å². The molecule has 1 amide bonds. The maximum Gasteiger partial charge on any atom is 0.390 e. The topological polar surface area (TPSA) is 103 Å². The van der Waals surface area contributed by atoms with E-state index < -0.39 is 4.92 Å². The van der Waals surface area contributed by atoms with Crippen LogP contribution in [-0.2, 0) is 16.1 Å². The Morgan fingerprint density at radius 3 is 2.86 bits per heavy atom. The number of nitro groups is 1. The molecule has 1 aliphatic rings.